The normalized spacial score (nSPS) is 18.8. The molecule has 0 aliphatic carbocycles. The van der Waals surface area contributed by atoms with Gasteiger partial charge in [-0.3, -0.25) is 4.79 Å². The fourth-order valence-electron chi connectivity index (χ4n) is 1.95. The standard InChI is InChI=1S/C11H13NO2/c1-7-5-8-3-2-4-9(6-10(13)14)11(8)12-7/h2-4,7,12H,5-6H2,1H3,(H,13,14). The summed E-state index contributed by atoms with van der Waals surface area (Å²) in [4.78, 5) is 10.6. The van der Waals surface area contributed by atoms with Gasteiger partial charge in [0.05, 0.1) is 6.42 Å². The maximum atomic E-state index is 10.6. The van der Waals surface area contributed by atoms with Crippen LogP contribution in [-0.4, -0.2) is 17.1 Å². The van der Waals surface area contributed by atoms with Crippen LogP contribution >= 0.6 is 0 Å². The van der Waals surface area contributed by atoms with E-state index < -0.39 is 5.97 Å². The Hall–Kier alpha value is -1.51. The van der Waals surface area contributed by atoms with E-state index in [1.54, 1.807) is 0 Å². The van der Waals surface area contributed by atoms with Crippen molar-refractivity contribution >= 4 is 11.7 Å². The van der Waals surface area contributed by atoms with Gasteiger partial charge < -0.3 is 10.4 Å². The average molecular weight is 191 g/mol. The predicted octanol–water partition coefficient (Wildman–Crippen LogP) is 1.67. The fourth-order valence-corrected chi connectivity index (χ4v) is 1.95. The van der Waals surface area contributed by atoms with E-state index in [1.165, 1.54) is 5.56 Å². The number of para-hydroxylation sites is 1. The van der Waals surface area contributed by atoms with Gasteiger partial charge in [0.1, 0.15) is 0 Å². The molecule has 3 nitrogen and oxygen atoms in total. The second-order valence-corrected chi connectivity index (χ2v) is 3.77. The molecule has 74 valence electrons. The molecule has 1 aromatic carbocycles. The number of anilines is 1. The van der Waals surface area contributed by atoms with Crippen molar-refractivity contribution in [3.8, 4) is 0 Å². The Labute approximate surface area is 82.8 Å². The number of benzene rings is 1. The van der Waals surface area contributed by atoms with Crippen LogP contribution in [0.5, 0.6) is 0 Å². The zero-order valence-corrected chi connectivity index (χ0v) is 8.08. The molecule has 3 heteroatoms. The summed E-state index contributed by atoms with van der Waals surface area (Å²) in [6, 6.07) is 6.27. The molecule has 0 aromatic heterocycles. The van der Waals surface area contributed by atoms with Crippen molar-refractivity contribution in [3.05, 3.63) is 29.3 Å². The molecular weight excluding hydrogens is 178 g/mol. The maximum absolute atomic E-state index is 10.6. The van der Waals surface area contributed by atoms with Crippen molar-refractivity contribution in [2.75, 3.05) is 5.32 Å². The van der Waals surface area contributed by atoms with Crippen LogP contribution < -0.4 is 5.32 Å². The topological polar surface area (TPSA) is 49.3 Å². The molecule has 14 heavy (non-hydrogen) atoms. The number of aliphatic carboxylic acids is 1. The van der Waals surface area contributed by atoms with Crippen LogP contribution in [0.25, 0.3) is 0 Å². The van der Waals surface area contributed by atoms with E-state index in [0.717, 1.165) is 17.7 Å². The third-order valence-electron chi connectivity index (χ3n) is 2.50. The minimum absolute atomic E-state index is 0.100. The van der Waals surface area contributed by atoms with Crippen molar-refractivity contribution in [1.29, 1.82) is 0 Å². The van der Waals surface area contributed by atoms with Gasteiger partial charge in [0, 0.05) is 11.7 Å². The number of hydrogen-bond acceptors (Lipinski definition) is 2. The van der Waals surface area contributed by atoms with Crippen LogP contribution in [0.3, 0.4) is 0 Å². The van der Waals surface area contributed by atoms with Crippen molar-refractivity contribution in [3.63, 3.8) is 0 Å². The molecule has 0 bridgehead atoms. The van der Waals surface area contributed by atoms with Crippen LogP contribution in [0.15, 0.2) is 18.2 Å². The van der Waals surface area contributed by atoms with E-state index in [-0.39, 0.29) is 6.42 Å². The smallest absolute Gasteiger partial charge is 0.307 e. The Bertz CT molecular complexity index is 374. The van der Waals surface area contributed by atoms with Gasteiger partial charge in [-0.25, -0.2) is 0 Å². The lowest BCUT2D eigenvalue weighted by molar-refractivity contribution is -0.136. The number of hydrogen-bond donors (Lipinski definition) is 2. The number of rotatable bonds is 2. The molecule has 1 aliphatic rings. The summed E-state index contributed by atoms with van der Waals surface area (Å²) in [5, 5.41) is 12.0. The Morgan fingerprint density at radius 1 is 1.64 bits per heavy atom. The van der Waals surface area contributed by atoms with Crippen LogP contribution in [0.1, 0.15) is 18.1 Å². The number of carboxylic acid groups (broad SMARTS) is 1. The van der Waals surface area contributed by atoms with E-state index in [1.807, 2.05) is 12.1 Å². The molecule has 1 aliphatic heterocycles. The Morgan fingerprint density at radius 2 is 2.43 bits per heavy atom. The molecule has 1 atom stereocenters. The molecule has 1 unspecified atom stereocenters. The molecule has 2 rings (SSSR count). The average Bonchev–Trinajstić information content (AvgIpc) is 2.45. The van der Waals surface area contributed by atoms with Crippen LogP contribution in [-0.2, 0) is 17.6 Å². The summed E-state index contributed by atoms with van der Waals surface area (Å²) in [7, 11) is 0. The second kappa shape index (κ2) is 3.33. The molecule has 1 heterocycles. The largest absolute Gasteiger partial charge is 0.481 e. The molecular formula is C11H13NO2. The first kappa shape index (κ1) is 9.06. The monoisotopic (exact) mass is 191 g/mol. The zero-order chi connectivity index (χ0) is 10.1. The van der Waals surface area contributed by atoms with Crippen molar-refractivity contribution in [2.45, 2.75) is 25.8 Å². The molecule has 0 fully saturated rings. The fraction of sp³-hybridized carbons (Fsp3) is 0.364. The third kappa shape index (κ3) is 1.58. The molecule has 0 amide bonds. The van der Waals surface area contributed by atoms with Gasteiger partial charge in [0.25, 0.3) is 0 Å². The first-order valence-electron chi connectivity index (χ1n) is 4.76. The Kier molecular flexibility index (Phi) is 2.15. The first-order chi connectivity index (χ1) is 6.66. The highest BCUT2D eigenvalue weighted by atomic mass is 16.4. The van der Waals surface area contributed by atoms with Gasteiger partial charge in [0.15, 0.2) is 0 Å². The summed E-state index contributed by atoms with van der Waals surface area (Å²) in [5.74, 6) is -0.778. The second-order valence-electron chi connectivity index (χ2n) is 3.77. The van der Waals surface area contributed by atoms with Crippen LogP contribution in [0.2, 0.25) is 0 Å². The summed E-state index contributed by atoms with van der Waals surface area (Å²) < 4.78 is 0. The summed E-state index contributed by atoms with van der Waals surface area (Å²) in [5.41, 5.74) is 3.15. The lowest BCUT2D eigenvalue weighted by atomic mass is 10.0. The molecule has 1 aromatic rings. The van der Waals surface area contributed by atoms with Gasteiger partial charge in [-0.05, 0) is 24.5 Å². The minimum atomic E-state index is -0.778. The van der Waals surface area contributed by atoms with Crippen molar-refractivity contribution in [2.24, 2.45) is 0 Å². The predicted molar refractivity (Wildman–Crippen MR) is 54.6 cm³/mol. The van der Waals surface area contributed by atoms with Crippen LogP contribution in [0.4, 0.5) is 5.69 Å². The molecule has 0 radical (unpaired) electrons. The van der Waals surface area contributed by atoms with Crippen molar-refractivity contribution < 1.29 is 9.90 Å². The maximum Gasteiger partial charge on any atom is 0.307 e. The lowest BCUT2D eigenvalue weighted by Gasteiger charge is -2.07. The van der Waals surface area contributed by atoms with E-state index in [0.29, 0.717) is 6.04 Å². The van der Waals surface area contributed by atoms with E-state index in [2.05, 4.69) is 18.3 Å². The lowest BCUT2D eigenvalue weighted by Crippen LogP contribution is -2.10. The molecule has 0 saturated heterocycles. The Morgan fingerprint density at radius 3 is 3.14 bits per heavy atom. The van der Waals surface area contributed by atoms with Gasteiger partial charge in [-0.15, -0.1) is 0 Å². The van der Waals surface area contributed by atoms with Gasteiger partial charge in [0.2, 0.25) is 0 Å². The zero-order valence-electron chi connectivity index (χ0n) is 8.08. The SMILES string of the molecule is CC1Cc2cccc(CC(=O)O)c2N1. The van der Waals surface area contributed by atoms with Crippen molar-refractivity contribution in [1.82, 2.24) is 0 Å². The highest BCUT2D eigenvalue weighted by Crippen LogP contribution is 2.29. The number of carbonyl (C=O) groups is 1. The third-order valence-corrected chi connectivity index (χ3v) is 2.50. The quantitative estimate of drug-likeness (QED) is 0.747. The summed E-state index contributed by atoms with van der Waals surface area (Å²) >= 11 is 0. The minimum Gasteiger partial charge on any atom is -0.481 e. The first-order valence-corrected chi connectivity index (χ1v) is 4.76. The number of fused-ring (bicyclic) bond motifs is 1. The molecule has 0 spiro atoms. The summed E-state index contributed by atoms with van der Waals surface area (Å²) in [6.45, 7) is 2.10. The Balaban J connectivity index is 2.34. The van der Waals surface area contributed by atoms with E-state index >= 15 is 0 Å². The molecule has 0 saturated carbocycles. The summed E-state index contributed by atoms with van der Waals surface area (Å²) in [6.07, 6.45) is 1.09. The highest BCUT2D eigenvalue weighted by molar-refractivity contribution is 5.75. The molecule has 2 N–H and O–H groups in total. The van der Waals surface area contributed by atoms with Gasteiger partial charge in [-0.2, -0.15) is 0 Å². The van der Waals surface area contributed by atoms with Gasteiger partial charge >= 0.3 is 5.97 Å². The van der Waals surface area contributed by atoms with E-state index in [9.17, 15) is 4.79 Å². The van der Waals surface area contributed by atoms with Crippen LogP contribution in [0, 0.1) is 0 Å². The number of nitrogens with one attached hydrogen (secondary N) is 1. The highest BCUT2D eigenvalue weighted by Gasteiger charge is 2.19. The van der Waals surface area contributed by atoms with Gasteiger partial charge in [-0.1, -0.05) is 18.2 Å². The number of carboxylic acids is 1. The van der Waals surface area contributed by atoms with E-state index in [4.69, 9.17) is 5.11 Å².